The first-order chi connectivity index (χ1) is 9.65. The van der Waals surface area contributed by atoms with Crippen molar-refractivity contribution >= 4 is 10.0 Å². The summed E-state index contributed by atoms with van der Waals surface area (Å²) in [6.45, 7) is 0.284. The first-order valence-corrected chi connectivity index (χ1v) is 8.37. The first kappa shape index (κ1) is 13.4. The van der Waals surface area contributed by atoms with Gasteiger partial charge in [-0.2, -0.15) is 0 Å². The van der Waals surface area contributed by atoms with Crippen LogP contribution in [0.25, 0.3) is 0 Å². The van der Waals surface area contributed by atoms with Crippen molar-refractivity contribution in [3.8, 4) is 0 Å². The van der Waals surface area contributed by atoms with Crippen LogP contribution in [-0.4, -0.2) is 13.4 Å². The maximum atomic E-state index is 12.3. The molecule has 1 aromatic carbocycles. The molecule has 2 N–H and O–H groups in total. The predicted octanol–water partition coefficient (Wildman–Crippen LogP) is 2.37. The third-order valence-corrected chi connectivity index (χ3v) is 5.14. The van der Waals surface area contributed by atoms with Crippen molar-refractivity contribution in [3.63, 3.8) is 0 Å². The minimum absolute atomic E-state index is 0.284. The summed E-state index contributed by atoms with van der Waals surface area (Å²) in [6.07, 6.45) is 6.17. The number of aryl methyl sites for hydroxylation is 2. The van der Waals surface area contributed by atoms with Gasteiger partial charge in [0.05, 0.1) is 11.4 Å². The van der Waals surface area contributed by atoms with Gasteiger partial charge in [-0.25, -0.2) is 13.1 Å². The number of hydrogen-bond donors (Lipinski definition) is 2. The fourth-order valence-corrected chi connectivity index (χ4v) is 3.67. The first-order valence-electron chi connectivity index (χ1n) is 6.89. The van der Waals surface area contributed by atoms with Gasteiger partial charge in [0.25, 0.3) is 0 Å². The Hall–Kier alpha value is -1.59. The van der Waals surface area contributed by atoms with E-state index >= 15 is 0 Å². The van der Waals surface area contributed by atoms with Gasteiger partial charge < -0.3 is 4.98 Å². The van der Waals surface area contributed by atoms with Gasteiger partial charge in [0.15, 0.2) is 0 Å². The molecular formula is C15H18N2O2S. The molecule has 0 radical (unpaired) electrons. The van der Waals surface area contributed by atoms with E-state index in [9.17, 15) is 8.42 Å². The van der Waals surface area contributed by atoms with Gasteiger partial charge in [0.1, 0.15) is 0 Å². The fraction of sp³-hybridized carbons (Fsp3) is 0.333. The van der Waals surface area contributed by atoms with E-state index < -0.39 is 10.0 Å². The highest BCUT2D eigenvalue weighted by molar-refractivity contribution is 7.89. The monoisotopic (exact) mass is 290 g/mol. The number of benzene rings is 1. The molecule has 1 aromatic heterocycles. The van der Waals surface area contributed by atoms with Crippen molar-refractivity contribution in [2.75, 3.05) is 0 Å². The number of sulfonamides is 1. The Balaban J connectivity index is 1.80. The Morgan fingerprint density at radius 2 is 1.90 bits per heavy atom. The zero-order valence-electron chi connectivity index (χ0n) is 11.2. The molecule has 0 aliphatic heterocycles. The van der Waals surface area contributed by atoms with Crippen LogP contribution in [0.2, 0.25) is 0 Å². The minimum Gasteiger partial charge on any atom is -0.364 e. The molecule has 0 fully saturated rings. The number of rotatable bonds is 4. The van der Waals surface area contributed by atoms with Crippen molar-refractivity contribution in [1.29, 1.82) is 0 Å². The standard InChI is InChI=1S/C15H18N2O2S/c18-20(19,17-11-14-6-3-9-16-14)15-8-7-12-4-1-2-5-13(12)10-15/h3,6-10,16-17H,1-2,4-5,11H2. The van der Waals surface area contributed by atoms with Gasteiger partial charge >= 0.3 is 0 Å². The van der Waals surface area contributed by atoms with E-state index in [1.807, 2.05) is 24.3 Å². The topological polar surface area (TPSA) is 62.0 Å². The lowest BCUT2D eigenvalue weighted by Gasteiger charge is -2.16. The third kappa shape index (κ3) is 2.78. The number of aromatic nitrogens is 1. The molecule has 1 aliphatic carbocycles. The van der Waals surface area contributed by atoms with Crippen LogP contribution in [-0.2, 0) is 29.4 Å². The average Bonchev–Trinajstić information content (AvgIpc) is 2.98. The van der Waals surface area contributed by atoms with Crippen LogP contribution in [0.15, 0.2) is 41.4 Å². The zero-order chi connectivity index (χ0) is 14.0. The predicted molar refractivity (Wildman–Crippen MR) is 77.9 cm³/mol. The summed E-state index contributed by atoms with van der Waals surface area (Å²) < 4.78 is 27.2. The van der Waals surface area contributed by atoms with Crippen molar-refractivity contribution in [2.45, 2.75) is 37.1 Å². The summed E-state index contributed by atoms with van der Waals surface area (Å²) in [4.78, 5) is 3.35. The van der Waals surface area contributed by atoms with Crippen LogP contribution in [0.3, 0.4) is 0 Å². The van der Waals surface area contributed by atoms with Crippen LogP contribution in [0.4, 0.5) is 0 Å². The highest BCUT2D eigenvalue weighted by atomic mass is 32.2. The second kappa shape index (κ2) is 5.42. The third-order valence-electron chi connectivity index (χ3n) is 3.75. The average molecular weight is 290 g/mol. The molecule has 1 aliphatic rings. The largest absolute Gasteiger partial charge is 0.364 e. The molecule has 2 aromatic rings. The SMILES string of the molecule is O=S(=O)(NCc1ccc[nH]1)c1ccc2c(c1)CCCC2. The van der Waals surface area contributed by atoms with E-state index in [0.29, 0.717) is 4.90 Å². The van der Waals surface area contributed by atoms with Crippen LogP contribution in [0, 0.1) is 0 Å². The van der Waals surface area contributed by atoms with E-state index in [4.69, 9.17) is 0 Å². The zero-order valence-corrected chi connectivity index (χ0v) is 12.0. The quantitative estimate of drug-likeness (QED) is 0.908. The van der Waals surface area contributed by atoms with Gasteiger partial charge in [0, 0.05) is 11.9 Å². The summed E-state index contributed by atoms with van der Waals surface area (Å²) >= 11 is 0. The van der Waals surface area contributed by atoms with Crippen LogP contribution in [0.1, 0.15) is 29.7 Å². The number of hydrogen-bond acceptors (Lipinski definition) is 2. The van der Waals surface area contributed by atoms with Crippen molar-refractivity contribution < 1.29 is 8.42 Å². The molecule has 0 saturated heterocycles. The summed E-state index contributed by atoms with van der Waals surface area (Å²) in [5, 5.41) is 0. The summed E-state index contributed by atoms with van der Waals surface area (Å²) in [5.74, 6) is 0. The van der Waals surface area contributed by atoms with Crippen LogP contribution < -0.4 is 4.72 Å². The number of aromatic amines is 1. The normalized spacial score (nSPS) is 15.0. The highest BCUT2D eigenvalue weighted by Crippen LogP contribution is 2.24. The van der Waals surface area contributed by atoms with Crippen LogP contribution >= 0.6 is 0 Å². The molecule has 0 spiro atoms. The molecule has 0 amide bonds. The Labute approximate surface area is 119 Å². The summed E-state index contributed by atoms with van der Waals surface area (Å²) in [6, 6.07) is 9.20. The fourth-order valence-electron chi connectivity index (χ4n) is 2.61. The van der Waals surface area contributed by atoms with E-state index in [1.54, 1.807) is 12.3 Å². The molecule has 3 rings (SSSR count). The molecule has 4 nitrogen and oxygen atoms in total. The molecule has 5 heteroatoms. The minimum atomic E-state index is -3.44. The van der Waals surface area contributed by atoms with Gasteiger partial charge in [-0.1, -0.05) is 6.07 Å². The lowest BCUT2D eigenvalue weighted by Crippen LogP contribution is -2.23. The van der Waals surface area contributed by atoms with E-state index in [2.05, 4.69) is 9.71 Å². The Morgan fingerprint density at radius 3 is 2.65 bits per heavy atom. The molecule has 1 heterocycles. The van der Waals surface area contributed by atoms with E-state index in [-0.39, 0.29) is 6.54 Å². The van der Waals surface area contributed by atoms with Crippen molar-refractivity contribution in [3.05, 3.63) is 53.3 Å². The number of H-pyrrole nitrogens is 1. The Morgan fingerprint density at radius 1 is 1.10 bits per heavy atom. The smallest absolute Gasteiger partial charge is 0.240 e. The number of nitrogens with one attached hydrogen (secondary N) is 2. The summed E-state index contributed by atoms with van der Waals surface area (Å²) in [5.41, 5.74) is 3.32. The van der Waals surface area contributed by atoms with Gasteiger partial charge in [-0.3, -0.25) is 0 Å². The molecular weight excluding hydrogens is 272 g/mol. The molecule has 0 unspecified atom stereocenters. The highest BCUT2D eigenvalue weighted by Gasteiger charge is 2.17. The van der Waals surface area contributed by atoms with Crippen molar-refractivity contribution in [1.82, 2.24) is 9.71 Å². The second-order valence-corrected chi connectivity index (χ2v) is 6.92. The second-order valence-electron chi connectivity index (χ2n) is 5.16. The van der Waals surface area contributed by atoms with E-state index in [0.717, 1.165) is 25.0 Å². The van der Waals surface area contributed by atoms with Gasteiger partial charge in [-0.05, 0) is 61.1 Å². The molecule has 0 atom stereocenters. The number of fused-ring (bicyclic) bond motifs is 1. The maximum absolute atomic E-state index is 12.3. The van der Waals surface area contributed by atoms with Gasteiger partial charge in [-0.15, -0.1) is 0 Å². The molecule has 0 bridgehead atoms. The van der Waals surface area contributed by atoms with E-state index in [1.165, 1.54) is 17.5 Å². The molecule has 20 heavy (non-hydrogen) atoms. The van der Waals surface area contributed by atoms with Crippen LogP contribution in [0.5, 0.6) is 0 Å². The molecule has 0 saturated carbocycles. The Kier molecular flexibility index (Phi) is 3.63. The lowest BCUT2D eigenvalue weighted by atomic mass is 9.92. The Bertz CT molecular complexity index is 691. The van der Waals surface area contributed by atoms with Gasteiger partial charge in [0.2, 0.25) is 10.0 Å². The molecule has 106 valence electrons. The summed E-state index contributed by atoms with van der Waals surface area (Å²) in [7, 11) is -3.44. The maximum Gasteiger partial charge on any atom is 0.240 e. The van der Waals surface area contributed by atoms with Crippen molar-refractivity contribution in [2.24, 2.45) is 0 Å². The lowest BCUT2D eigenvalue weighted by molar-refractivity contribution is 0.580.